The Bertz CT molecular complexity index is 523. The molecule has 0 saturated heterocycles. The molecule has 1 aliphatic rings. The van der Waals surface area contributed by atoms with Gasteiger partial charge >= 0.3 is 0 Å². The first kappa shape index (κ1) is 12.3. The van der Waals surface area contributed by atoms with Crippen molar-refractivity contribution in [2.75, 3.05) is 5.75 Å². The molecule has 94 valence electrons. The van der Waals surface area contributed by atoms with Gasteiger partial charge < -0.3 is 4.52 Å². The van der Waals surface area contributed by atoms with E-state index in [1.54, 1.807) is 6.08 Å². The second-order valence-electron chi connectivity index (χ2n) is 4.66. The zero-order valence-electron chi connectivity index (χ0n) is 10.0. The Balaban J connectivity index is 2.01. The van der Waals surface area contributed by atoms with Crippen molar-refractivity contribution in [3.8, 4) is 0 Å². The third-order valence-corrected chi connectivity index (χ3v) is 3.88. The molecule has 0 amide bonds. The summed E-state index contributed by atoms with van der Waals surface area (Å²) in [4.78, 5) is 4.11. The number of hydrogen-bond donors (Lipinski definition) is 0. The fourth-order valence-electron chi connectivity index (χ4n) is 1.37. The van der Waals surface area contributed by atoms with Crippen LogP contribution in [-0.2, 0) is 15.6 Å². The highest BCUT2D eigenvalue weighted by Gasteiger charge is 2.29. The van der Waals surface area contributed by atoms with Gasteiger partial charge in [0.15, 0.2) is 15.7 Å². The first-order valence-corrected chi connectivity index (χ1v) is 7.45. The van der Waals surface area contributed by atoms with Gasteiger partial charge in [0, 0.05) is 5.92 Å². The number of aromatic nitrogens is 2. The zero-order chi connectivity index (χ0) is 12.5. The van der Waals surface area contributed by atoms with Crippen molar-refractivity contribution < 1.29 is 12.9 Å². The first-order chi connectivity index (χ1) is 7.96. The smallest absolute Gasteiger partial charge is 0.241 e. The number of sulfone groups is 1. The van der Waals surface area contributed by atoms with Crippen molar-refractivity contribution in [2.45, 2.75) is 38.4 Å². The molecule has 0 aromatic carbocycles. The van der Waals surface area contributed by atoms with E-state index in [2.05, 4.69) is 10.1 Å². The minimum atomic E-state index is -3.19. The van der Waals surface area contributed by atoms with Crippen molar-refractivity contribution in [2.24, 2.45) is 0 Å². The quantitative estimate of drug-likeness (QED) is 0.751. The van der Waals surface area contributed by atoms with Crippen LogP contribution in [0.4, 0.5) is 0 Å². The van der Waals surface area contributed by atoms with Crippen LogP contribution in [0.1, 0.15) is 44.3 Å². The summed E-state index contributed by atoms with van der Waals surface area (Å²) in [6.45, 7) is 3.74. The van der Waals surface area contributed by atoms with E-state index < -0.39 is 9.84 Å². The molecule has 5 nitrogen and oxygen atoms in total. The maximum Gasteiger partial charge on any atom is 0.241 e. The lowest BCUT2D eigenvalue weighted by atomic mass is 10.3. The Morgan fingerprint density at radius 1 is 1.47 bits per heavy atom. The normalized spacial score (nSPS) is 15.9. The van der Waals surface area contributed by atoms with Gasteiger partial charge in [0.1, 0.15) is 5.75 Å². The fraction of sp³-hybridized carbons (Fsp3) is 0.636. The number of nitrogens with zero attached hydrogens (tertiary/aromatic N) is 2. The Morgan fingerprint density at radius 3 is 2.76 bits per heavy atom. The van der Waals surface area contributed by atoms with Gasteiger partial charge in [-0.3, -0.25) is 0 Å². The van der Waals surface area contributed by atoms with E-state index in [9.17, 15) is 8.42 Å². The molecule has 0 radical (unpaired) electrons. The van der Waals surface area contributed by atoms with Gasteiger partial charge in [-0.05, 0) is 26.7 Å². The molecular formula is C11H16N2O3S. The lowest BCUT2D eigenvalue weighted by molar-refractivity contribution is 0.383. The van der Waals surface area contributed by atoms with E-state index in [4.69, 9.17) is 4.52 Å². The third-order valence-electron chi connectivity index (χ3n) is 2.52. The standard InChI is InChI=1S/C11H16N2O3S/c1-8(2)5-6-17(14,15)7-10-12-11(13-16-10)9-3-4-9/h5,9H,3-4,6-7H2,1-2H3. The SMILES string of the molecule is CC(C)=CCS(=O)(=O)Cc1nc(C2CC2)no1. The van der Waals surface area contributed by atoms with E-state index >= 15 is 0 Å². The summed E-state index contributed by atoms with van der Waals surface area (Å²) in [6.07, 6.45) is 3.83. The minimum absolute atomic E-state index is 0.0243. The van der Waals surface area contributed by atoms with Crippen LogP contribution in [0, 0.1) is 0 Å². The molecule has 0 aliphatic heterocycles. The predicted molar refractivity (Wildman–Crippen MR) is 63.2 cm³/mol. The van der Waals surface area contributed by atoms with Crippen LogP contribution in [0.25, 0.3) is 0 Å². The number of allylic oxidation sites excluding steroid dienone is 1. The van der Waals surface area contributed by atoms with E-state index in [-0.39, 0.29) is 17.4 Å². The molecule has 0 spiro atoms. The number of hydrogen-bond acceptors (Lipinski definition) is 5. The summed E-state index contributed by atoms with van der Waals surface area (Å²) in [5.74, 6) is 1.09. The predicted octanol–water partition coefficient (Wildman–Crippen LogP) is 1.83. The van der Waals surface area contributed by atoms with Crippen molar-refractivity contribution in [1.82, 2.24) is 10.1 Å². The monoisotopic (exact) mass is 256 g/mol. The van der Waals surface area contributed by atoms with Crippen molar-refractivity contribution in [3.05, 3.63) is 23.4 Å². The van der Waals surface area contributed by atoms with Gasteiger partial charge in [-0.1, -0.05) is 16.8 Å². The van der Waals surface area contributed by atoms with Gasteiger partial charge in [-0.2, -0.15) is 4.98 Å². The molecule has 2 rings (SSSR count). The molecule has 0 bridgehead atoms. The highest BCUT2D eigenvalue weighted by molar-refractivity contribution is 7.90. The highest BCUT2D eigenvalue weighted by Crippen LogP contribution is 2.38. The van der Waals surface area contributed by atoms with Crippen LogP contribution in [0.15, 0.2) is 16.2 Å². The van der Waals surface area contributed by atoms with Crippen LogP contribution in [0.2, 0.25) is 0 Å². The molecule has 1 aliphatic carbocycles. The van der Waals surface area contributed by atoms with Gasteiger partial charge in [0.2, 0.25) is 5.89 Å². The minimum Gasteiger partial charge on any atom is -0.338 e. The topological polar surface area (TPSA) is 73.1 Å². The summed E-state index contributed by atoms with van der Waals surface area (Å²) in [5, 5.41) is 3.79. The lowest BCUT2D eigenvalue weighted by Gasteiger charge is -1.96. The van der Waals surface area contributed by atoms with Crippen LogP contribution < -0.4 is 0 Å². The third kappa shape index (κ3) is 3.66. The maximum absolute atomic E-state index is 11.7. The molecule has 1 aromatic heterocycles. The van der Waals surface area contributed by atoms with Crippen molar-refractivity contribution in [1.29, 1.82) is 0 Å². The summed E-state index contributed by atoms with van der Waals surface area (Å²) >= 11 is 0. The Kier molecular flexibility index (Phi) is 3.33. The van der Waals surface area contributed by atoms with Crippen molar-refractivity contribution in [3.63, 3.8) is 0 Å². The average Bonchev–Trinajstić information content (AvgIpc) is 2.98. The van der Waals surface area contributed by atoms with Gasteiger partial charge in [-0.25, -0.2) is 8.42 Å². The van der Waals surface area contributed by atoms with E-state index in [0.717, 1.165) is 18.4 Å². The van der Waals surface area contributed by atoms with Crippen LogP contribution in [0.3, 0.4) is 0 Å². The van der Waals surface area contributed by atoms with Gasteiger partial charge in [0.05, 0.1) is 5.75 Å². The fourth-order valence-corrected chi connectivity index (χ4v) is 2.57. The molecule has 0 unspecified atom stereocenters. The van der Waals surface area contributed by atoms with Gasteiger partial charge in [-0.15, -0.1) is 0 Å². The summed E-state index contributed by atoms with van der Waals surface area (Å²) in [6, 6.07) is 0. The maximum atomic E-state index is 11.7. The van der Waals surface area contributed by atoms with Crippen LogP contribution in [0.5, 0.6) is 0 Å². The molecular weight excluding hydrogens is 240 g/mol. The Labute approximate surface area is 101 Å². The molecule has 0 atom stereocenters. The summed E-state index contributed by atoms with van der Waals surface area (Å²) in [5.41, 5.74) is 0.984. The lowest BCUT2D eigenvalue weighted by Crippen LogP contribution is -2.08. The molecule has 1 heterocycles. The van der Waals surface area contributed by atoms with Gasteiger partial charge in [0.25, 0.3) is 0 Å². The molecule has 6 heteroatoms. The molecule has 1 saturated carbocycles. The second-order valence-corrected chi connectivity index (χ2v) is 6.77. The van der Waals surface area contributed by atoms with E-state index in [1.165, 1.54) is 0 Å². The highest BCUT2D eigenvalue weighted by atomic mass is 32.2. The van der Waals surface area contributed by atoms with E-state index in [1.807, 2.05) is 13.8 Å². The Morgan fingerprint density at radius 2 is 2.18 bits per heavy atom. The zero-order valence-corrected chi connectivity index (χ0v) is 10.8. The largest absolute Gasteiger partial charge is 0.338 e. The second kappa shape index (κ2) is 4.60. The van der Waals surface area contributed by atoms with Crippen LogP contribution in [-0.4, -0.2) is 24.3 Å². The number of rotatable bonds is 5. The first-order valence-electron chi connectivity index (χ1n) is 5.62. The molecule has 0 N–H and O–H groups in total. The molecule has 1 aromatic rings. The van der Waals surface area contributed by atoms with E-state index in [0.29, 0.717) is 11.7 Å². The average molecular weight is 256 g/mol. The van der Waals surface area contributed by atoms with Crippen molar-refractivity contribution >= 4 is 9.84 Å². The molecule has 17 heavy (non-hydrogen) atoms. The molecule has 1 fully saturated rings. The summed E-state index contributed by atoms with van der Waals surface area (Å²) in [7, 11) is -3.19. The Hall–Kier alpha value is -1.17. The van der Waals surface area contributed by atoms with Crippen LogP contribution >= 0.6 is 0 Å². The summed E-state index contributed by atoms with van der Waals surface area (Å²) < 4.78 is 28.4.